The highest BCUT2D eigenvalue weighted by Gasteiger charge is 2.26. The Bertz CT molecular complexity index is 702. The van der Waals surface area contributed by atoms with E-state index < -0.39 is 0 Å². The van der Waals surface area contributed by atoms with E-state index in [1.54, 1.807) is 11.8 Å². The van der Waals surface area contributed by atoms with Crippen molar-refractivity contribution in [3.05, 3.63) is 35.7 Å². The van der Waals surface area contributed by atoms with Crippen molar-refractivity contribution in [2.45, 2.75) is 25.8 Å². The number of ether oxygens (including phenoxy) is 1. The van der Waals surface area contributed by atoms with Gasteiger partial charge in [-0.25, -0.2) is 4.68 Å². The summed E-state index contributed by atoms with van der Waals surface area (Å²) < 4.78 is 6.85. The van der Waals surface area contributed by atoms with Gasteiger partial charge in [0.15, 0.2) is 5.69 Å². The third-order valence-electron chi connectivity index (χ3n) is 4.60. The van der Waals surface area contributed by atoms with Crippen LogP contribution in [0.3, 0.4) is 0 Å². The molecule has 1 aromatic heterocycles. The van der Waals surface area contributed by atoms with Crippen LogP contribution in [0.4, 0.5) is 0 Å². The molecule has 1 aromatic carbocycles. The molecule has 7 heteroatoms. The van der Waals surface area contributed by atoms with E-state index in [0.29, 0.717) is 11.7 Å². The molecule has 1 amide bonds. The number of likely N-dealkylation sites (tertiary alicyclic amines) is 1. The van der Waals surface area contributed by atoms with Gasteiger partial charge in [0.25, 0.3) is 5.91 Å². The van der Waals surface area contributed by atoms with Crippen LogP contribution < -0.4 is 10.1 Å². The number of aromatic nitrogens is 3. The maximum Gasteiger partial charge on any atom is 0.276 e. The zero-order chi connectivity index (χ0) is 17.1. The molecule has 2 heterocycles. The Labute approximate surface area is 141 Å². The van der Waals surface area contributed by atoms with Gasteiger partial charge in [-0.05, 0) is 51.1 Å². The van der Waals surface area contributed by atoms with Crippen LogP contribution in [-0.2, 0) is 0 Å². The Morgan fingerprint density at radius 2 is 1.92 bits per heavy atom. The van der Waals surface area contributed by atoms with Gasteiger partial charge in [0.2, 0.25) is 0 Å². The first-order valence-corrected chi connectivity index (χ1v) is 8.17. The molecule has 24 heavy (non-hydrogen) atoms. The minimum absolute atomic E-state index is 0.0400. The number of nitrogens with zero attached hydrogens (tertiary/aromatic N) is 4. The Hall–Kier alpha value is -2.41. The predicted octanol–water partition coefficient (Wildman–Crippen LogP) is 1.41. The summed E-state index contributed by atoms with van der Waals surface area (Å²) in [5.74, 6) is 0.738. The van der Waals surface area contributed by atoms with Crippen molar-refractivity contribution >= 4 is 5.91 Å². The van der Waals surface area contributed by atoms with Crippen LogP contribution in [0, 0.1) is 6.92 Å². The van der Waals surface area contributed by atoms with E-state index in [0.717, 1.165) is 43.1 Å². The highest BCUT2D eigenvalue weighted by atomic mass is 16.5. The summed E-state index contributed by atoms with van der Waals surface area (Å²) in [4.78, 5) is 14.6. The van der Waals surface area contributed by atoms with Crippen LogP contribution in [-0.4, -0.2) is 59.1 Å². The zero-order valence-corrected chi connectivity index (χ0v) is 14.3. The van der Waals surface area contributed by atoms with Gasteiger partial charge in [-0.15, -0.1) is 5.10 Å². The molecule has 0 unspecified atom stereocenters. The number of piperidine rings is 1. The van der Waals surface area contributed by atoms with Crippen molar-refractivity contribution in [2.24, 2.45) is 0 Å². The third-order valence-corrected chi connectivity index (χ3v) is 4.60. The average Bonchev–Trinajstić information content (AvgIpc) is 3.02. The second-order valence-electron chi connectivity index (χ2n) is 5.99. The van der Waals surface area contributed by atoms with Gasteiger partial charge in [0.1, 0.15) is 5.75 Å². The number of nitrogens with one attached hydrogen (secondary N) is 1. The Kier molecular flexibility index (Phi) is 4.80. The SMILES string of the molecule is CNC1CCN(C(=O)c2nnn(-c3ccc(OC)cc3)c2C)CC1. The van der Waals surface area contributed by atoms with E-state index in [-0.39, 0.29) is 5.91 Å². The second-order valence-corrected chi connectivity index (χ2v) is 5.99. The first kappa shape index (κ1) is 16.4. The van der Waals surface area contributed by atoms with Gasteiger partial charge in [0, 0.05) is 19.1 Å². The predicted molar refractivity (Wildman–Crippen MR) is 90.6 cm³/mol. The first-order chi connectivity index (χ1) is 11.6. The van der Waals surface area contributed by atoms with E-state index in [1.807, 2.05) is 43.1 Å². The molecule has 2 aromatic rings. The van der Waals surface area contributed by atoms with Crippen molar-refractivity contribution in [3.8, 4) is 11.4 Å². The van der Waals surface area contributed by atoms with Crippen LogP contribution in [0.1, 0.15) is 29.0 Å². The summed E-state index contributed by atoms with van der Waals surface area (Å²) >= 11 is 0. The molecule has 1 fully saturated rings. The summed E-state index contributed by atoms with van der Waals surface area (Å²) in [5, 5.41) is 11.5. The van der Waals surface area contributed by atoms with Crippen molar-refractivity contribution in [2.75, 3.05) is 27.2 Å². The van der Waals surface area contributed by atoms with Gasteiger partial charge in [0.05, 0.1) is 18.5 Å². The highest BCUT2D eigenvalue weighted by Crippen LogP contribution is 2.19. The van der Waals surface area contributed by atoms with Gasteiger partial charge in [-0.1, -0.05) is 5.21 Å². The maximum absolute atomic E-state index is 12.7. The lowest BCUT2D eigenvalue weighted by Gasteiger charge is -2.31. The van der Waals surface area contributed by atoms with E-state index in [4.69, 9.17) is 4.74 Å². The number of hydrogen-bond acceptors (Lipinski definition) is 5. The number of hydrogen-bond donors (Lipinski definition) is 1. The number of amides is 1. The van der Waals surface area contributed by atoms with Crippen LogP contribution >= 0.6 is 0 Å². The molecule has 7 nitrogen and oxygen atoms in total. The lowest BCUT2D eigenvalue weighted by molar-refractivity contribution is 0.0700. The number of benzene rings is 1. The minimum atomic E-state index is -0.0400. The molecule has 1 aliphatic heterocycles. The largest absolute Gasteiger partial charge is 0.497 e. The van der Waals surface area contributed by atoms with Crippen molar-refractivity contribution in [1.29, 1.82) is 0 Å². The molecule has 128 valence electrons. The maximum atomic E-state index is 12.7. The molecule has 0 aliphatic carbocycles. The molecule has 0 bridgehead atoms. The van der Waals surface area contributed by atoms with Crippen LogP contribution in [0.5, 0.6) is 5.75 Å². The van der Waals surface area contributed by atoms with E-state index in [1.165, 1.54) is 0 Å². The molecule has 1 aliphatic rings. The number of carbonyl (C=O) groups is 1. The van der Waals surface area contributed by atoms with Crippen molar-refractivity contribution < 1.29 is 9.53 Å². The second kappa shape index (κ2) is 7.00. The van der Waals surface area contributed by atoms with E-state index in [2.05, 4.69) is 15.6 Å². The van der Waals surface area contributed by atoms with Crippen LogP contribution in [0.15, 0.2) is 24.3 Å². The average molecular weight is 329 g/mol. The third kappa shape index (κ3) is 3.12. The molecule has 0 saturated carbocycles. The summed E-state index contributed by atoms with van der Waals surface area (Å²) in [7, 11) is 3.59. The van der Waals surface area contributed by atoms with Gasteiger partial charge >= 0.3 is 0 Å². The molecular weight excluding hydrogens is 306 g/mol. The Balaban J connectivity index is 1.78. The monoisotopic (exact) mass is 329 g/mol. The molecule has 1 N–H and O–H groups in total. The molecule has 0 atom stereocenters. The minimum Gasteiger partial charge on any atom is -0.497 e. The molecular formula is C17H23N5O2. The zero-order valence-electron chi connectivity index (χ0n) is 14.3. The fourth-order valence-electron chi connectivity index (χ4n) is 3.02. The normalized spacial score (nSPS) is 15.5. The summed E-state index contributed by atoms with van der Waals surface area (Å²) in [6.45, 7) is 3.37. The smallest absolute Gasteiger partial charge is 0.276 e. The lowest BCUT2D eigenvalue weighted by atomic mass is 10.0. The first-order valence-electron chi connectivity index (χ1n) is 8.17. The molecule has 0 radical (unpaired) electrons. The number of methoxy groups -OCH3 is 1. The van der Waals surface area contributed by atoms with E-state index >= 15 is 0 Å². The standard InChI is InChI=1S/C17H23N5O2/c1-12-16(17(23)21-10-8-13(18-2)9-11-21)19-20-22(12)14-4-6-15(24-3)7-5-14/h4-7,13,18H,8-11H2,1-3H3. The Morgan fingerprint density at radius 3 is 2.50 bits per heavy atom. The van der Waals surface area contributed by atoms with Crippen LogP contribution in [0.2, 0.25) is 0 Å². The fraction of sp³-hybridized carbons (Fsp3) is 0.471. The summed E-state index contributed by atoms with van der Waals surface area (Å²) in [6.07, 6.45) is 1.93. The molecule has 1 saturated heterocycles. The topological polar surface area (TPSA) is 72.3 Å². The van der Waals surface area contributed by atoms with Gasteiger partial charge in [-0.3, -0.25) is 4.79 Å². The number of rotatable bonds is 4. The van der Waals surface area contributed by atoms with Crippen molar-refractivity contribution in [3.63, 3.8) is 0 Å². The highest BCUT2D eigenvalue weighted by molar-refractivity contribution is 5.93. The van der Waals surface area contributed by atoms with Crippen LogP contribution in [0.25, 0.3) is 5.69 Å². The number of carbonyl (C=O) groups excluding carboxylic acids is 1. The summed E-state index contributed by atoms with van der Waals surface area (Å²) in [5.41, 5.74) is 2.03. The molecule has 0 spiro atoms. The van der Waals surface area contributed by atoms with E-state index in [9.17, 15) is 4.79 Å². The molecule has 3 rings (SSSR count). The van der Waals surface area contributed by atoms with Gasteiger partial charge in [-0.2, -0.15) is 0 Å². The lowest BCUT2D eigenvalue weighted by Crippen LogP contribution is -2.44. The Morgan fingerprint density at radius 1 is 1.25 bits per heavy atom. The van der Waals surface area contributed by atoms with Crippen molar-refractivity contribution in [1.82, 2.24) is 25.2 Å². The fourth-order valence-corrected chi connectivity index (χ4v) is 3.02. The quantitative estimate of drug-likeness (QED) is 0.918. The summed E-state index contributed by atoms with van der Waals surface area (Å²) in [6, 6.07) is 8.01. The van der Waals surface area contributed by atoms with Gasteiger partial charge < -0.3 is 15.0 Å².